The number of hydrogen-bond donors (Lipinski definition) is 1. The van der Waals surface area contributed by atoms with E-state index in [1.54, 1.807) is 24.3 Å². The normalized spacial score (nSPS) is 11.5. The Kier molecular flexibility index (Phi) is 7.52. The Bertz CT molecular complexity index is 1650. The smallest absolute Gasteiger partial charge is 0.335 e. The molecule has 0 saturated carbocycles. The molecule has 0 aliphatic rings. The molecule has 5 nitrogen and oxygen atoms in total. The molecular weight excluding hydrogens is 505 g/mol. The van der Waals surface area contributed by atoms with Crippen LogP contribution in [-0.4, -0.2) is 21.9 Å². The third-order valence-electron chi connectivity index (χ3n) is 7.19. The molecule has 1 N–H and O–H groups in total. The predicted octanol–water partition coefficient (Wildman–Crippen LogP) is 7.50. The van der Waals surface area contributed by atoms with Crippen molar-refractivity contribution in [1.29, 1.82) is 0 Å². The summed E-state index contributed by atoms with van der Waals surface area (Å²) in [4.78, 5) is 23.3. The van der Waals surface area contributed by atoms with Crippen molar-refractivity contribution in [2.45, 2.75) is 38.7 Å². The molecule has 5 aromatic rings. The third-order valence-corrected chi connectivity index (χ3v) is 7.19. The van der Waals surface area contributed by atoms with Crippen molar-refractivity contribution in [1.82, 2.24) is 4.57 Å². The summed E-state index contributed by atoms with van der Waals surface area (Å²) in [7, 11) is 0. The minimum atomic E-state index is -0.983. The Labute approximate surface area is 232 Å². The molecule has 6 heteroatoms. The first-order valence-electron chi connectivity index (χ1n) is 13.1. The van der Waals surface area contributed by atoms with Crippen LogP contribution in [0.25, 0.3) is 16.6 Å². The predicted molar refractivity (Wildman–Crippen MR) is 154 cm³/mol. The molecule has 0 fully saturated rings. The summed E-state index contributed by atoms with van der Waals surface area (Å²) in [6, 6.07) is 28.9. The molecular formula is C34H30FNO4. The summed E-state index contributed by atoms with van der Waals surface area (Å²) in [5.74, 6) is -0.620. The first-order valence-corrected chi connectivity index (χ1v) is 13.1. The SMILES string of the molecule is CC(C)(CC=O)c1c(Cc2ccc(C(=O)O)cc2)c2c(OCc3ccccc3)cccc2n1-c1ccc(F)cc1. The van der Waals surface area contributed by atoms with Gasteiger partial charge in [0, 0.05) is 35.0 Å². The molecule has 0 bridgehead atoms. The summed E-state index contributed by atoms with van der Waals surface area (Å²) in [6.07, 6.45) is 1.68. The number of nitrogens with zero attached hydrogens (tertiary/aromatic N) is 1. The van der Waals surface area contributed by atoms with Crippen LogP contribution < -0.4 is 4.74 Å². The Balaban J connectivity index is 1.76. The topological polar surface area (TPSA) is 68.5 Å². The molecule has 0 aliphatic heterocycles. The minimum absolute atomic E-state index is 0.214. The van der Waals surface area contributed by atoms with E-state index in [0.29, 0.717) is 18.8 Å². The average molecular weight is 536 g/mol. The standard InChI is InChI=1S/C34H30FNO4/c1-34(2,19-20-37)32-28(21-23-11-13-25(14-12-23)33(38)39)31-29(36(32)27-17-15-26(35)16-18-27)9-6-10-30(31)40-22-24-7-4-3-5-8-24/h3-18,20H,19,21-22H2,1-2H3,(H,38,39). The lowest BCUT2D eigenvalue weighted by Crippen LogP contribution is -2.23. The number of carboxylic acid groups (broad SMARTS) is 1. The molecule has 40 heavy (non-hydrogen) atoms. The van der Waals surface area contributed by atoms with Crippen molar-refractivity contribution in [2.24, 2.45) is 0 Å². The average Bonchev–Trinajstić information content (AvgIpc) is 3.28. The van der Waals surface area contributed by atoms with Crippen LogP contribution >= 0.6 is 0 Å². The second-order valence-electron chi connectivity index (χ2n) is 10.5. The molecule has 5 rings (SSSR count). The number of aromatic carboxylic acids is 1. The lowest BCUT2D eigenvalue weighted by Gasteiger charge is -2.27. The van der Waals surface area contributed by atoms with E-state index in [9.17, 15) is 19.1 Å². The van der Waals surface area contributed by atoms with Gasteiger partial charge in [0.15, 0.2) is 0 Å². The van der Waals surface area contributed by atoms with E-state index in [4.69, 9.17) is 4.74 Å². The molecule has 1 heterocycles. The van der Waals surface area contributed by atoms with Gasteiger partial charge in [0.25, 0.3) is 0 Å². The molecule has 1 aromatic heterocycles. The van der Waals surface area contributed by atoms with Crippen molar-refractivity contribution in [2.75, 3.05) is 0 Å². The van der Waals surface area contributed by atoms with Gasteiger partial charge >= 0.3 is 5.97 Å². The zero-order valence-corrected chi connectivity index (χ0v) is 22.4. The summed E-state index contributed by atoms with van der Waals surface area (Å²) in [5.41, 5.74) is 5.12. The number of carbonyl (C=O) groups excluding carboxylic acids is 1. The Morgan fingerprint density at radius 2 is 1.60 bits per heavy atom. The van der Waals surface area contributed by atoms with E-state index >= 15 is 0 Å². The monoisotopic (exact) mass is 535 g/mol. The number of carbonyl (C=O) groups is 2. The van der Waals surface area contributed by atoms with Gasteiger partial charge < -0.3 is 19.2 Å². The van der Waals surface area contributed by atoms with E-state index < -0.39 is 11.4 Å². The molecule has 0 amide bonds. The number of carboxylic acids is 1. The van der Waals surface area contributed by atoms with Gasteiger partial charge in [0.1, 0.15) is 24.5 Å². The summed E-state index contributed by atoms with van der Waals surface area (Å²) < 4.78 is 22.5. The van der Waals surface area contributed by atoms with Crippen LogP contribution in [0.3, 0.4) is 0 Å². The van der Waals surface area contributed by atoms with Crippen LogP contribution in [-0.2, 0) is 23.2 Å². The number of hydrogen-bond acceptors (Lipinski definition) is 3. The van der Waals surface area contributed by atoms with Crippen LogP contribution in [0.15, 0.2) is 97.1 Å². The van der Waals surface area contributed by atoms with E-state index in [2.05, 4.69) is 4.57 Å². The van der Waals surface area contributed by atoms with Crippen LogP contribution in [0.4, 0.5) is 4.39 Å². The van der Waals surface area contributed by atoms with Gasteiger partial charge in [-0.15, -0.1) is 0 Å². The van der Waals surface area contributed by atoms with Gasteiger partial charge in [-0.1, -0.05) is 62.4 Å². The Hall–Kier alpha value is -4.71. The fourth-order valence-electron chi connectivity index (χ4n) is 5.25. The maximum absolute atomic E-state index is 14.0. The van der Waals surface area contributed by atoms with Crippen LogP contribution in [0.2, 0.25) is 0 Å². The summed E-state index contributed by atoms with van der Waals surface area (Å²) in [5, 5.41) is 10.3. The zero-order valence-electron chi connectivity index (χ0n) is 22.4. The van der Waals surface area contributed by atoms with Crippen molar-refractivity contribution in [3.8, 4) is 11.4 Å². The van der Waals surface area contributed by atoms with Crippen LogP contribution in [0.1, 0.15) is 53.0 Å². The molecule has 4 aromatic carbocycles. The number of ether oxygens (including phenoxy) is 1. The summed E-state index contributed by atoms with van der Waals surface area (Å²) in [6.45, 7) is 4.43. The van der Waals surface area contributed by atoms with E-state index in [1.807, 2.05) is 74.5 Å². The highest BCUT2D eigenvalue weighted by Gasteiger charge is 2.32. The van der Waals surface area contributed by atoms with Crippen molar-refractivity contribution in [3.63, 3.8) is 0 Å². The van der Waals surface area contributed by atoms with Gasteiger partial charge in [-0.3, -0.25) is 0 Å². The molecule has 202 valence electrons. The highest BCUT2D eigenvalue weighted by Crippen LogP contribution is 2.43. The van der Waals surface area contributed by atoms with Gasteiger partial charge in [-0.05, 0) is 65.2 Å². The quantitative estimate of drug-likeness (QED) is 0.188. The second kappa shape index (κ2) is 11.2. The van der Waals surface area contributed by atoms with Crippen molar-refractivity contribution >= 4 is 23.2 Å². The zero-order chi connectivity index (χ0) is 28.3. The lowest BCUT2D eigenvalue weighted by molar-refractivity contribution is -0.108. The van der Waals surface area contributed by atoms with Crippen molar-refractivity contribution in [3.05, 3.63) is 131 Å². The minimum Gasteiger partial charge on any atom is -0.488 e. The van der Waals surface area contributed by atoms with Gasteiger partial charge in [0.2, 0.25) is 0 Å². The fraction of sp³-hybridized carbons (Fsp3) is 0.176. The fourth-order valence-corrected chi connectivity index (χ4v) is 5.25. The van der Waals surface area contributed by atoms with Crippen LogP contribution in [0.5, 0.6) is 5.75 Å². The molecule has 0 aliphatic carbocycles. The summed E-state index contributed by atoms with van der Waals surface area (Å²) >= 11 is 0. The number of fused-ring (bicyclic) bond motifs is 1. The highest BCUT2D eigenvalue weighted by atomic mass is 19.1. The van der Waals surface area contributed by atoms with Gasteiger partial charge in [-0.2, -0.15) is 0 Å². The van der Waals surface area contributed by atoms with Gasteiger partial charge in [-0.25, -0.2) is 9.18 Å². The van der Waals surface area contributed by atoms with Crippen molar-refractivity contribution < 1.29 is 23.8 Å². The molecule has 0 unspecified atom stereocenters. The Morgan fingerprint density at radius 1 is 0.900 bits per heavy atom. The first kappa shape index (κ1) is 26.9. The van der Waals surface area contributed by atoms with Crippen LogP contribution in [0, 0.1) is 5.82 Å². The molecule has 0 saturated heterocycles. The van der Waals surface area contributed by atoms with E-state index in [1.165, 1.54) is 12.1 Å². The Morgan fingerprint density at radius 3 is 2.25 bits per heavy atom. The molecule has 0 radical (unpaired) electrons. The number of halogens is 1. The maximum Gasteiger partial charge on any atom is 0.335 e. The second-order valence-corrected chi connectivity index (χ2v) is 10.5. The first-order chi connectivity index (χ1) is 19.3. The number of aromatic nitrogens is 1. The number of benzene rings is 4. The lowest BCUT2D eigenvalue weighted by atomic mass is 9.82. The largest absolute Gasteiger partial charge is 0.488 e. The van der Waals surface area contributed by atoms with Gasteiger partial charge in [0.05, 0.1) is 11.1 Å². The highest BCUT2D eigenvalue weighted by molar-refractivity contribution is 5.94. The number of aldehydes is 1. The number of rotatable bonds is 10. The molecule has 0 spiro atoms. The third kappa shape index (κ3) is 5.38. The van der Waals surface area contributed by atoms with E-state index in [0.717, 1.165) is 45.3 Å². The van der Waals surface area contributed by atoms with E-state index in [-0.39, 0.29) is 17.8 Å². The maximum atomic E-state index is 14.0. The molecule has 0 atom stereocenters.